The van der Waals surface area contributed by atoms with Crippen molar-refractivity contribution in [3.05, 3.63) is 29.3 Å². The van der Waals surface area contributed by atoms with E-state index in [1.807, 2.05) is 14.1 Å². The lowest BCUT2D eigenvalue weighted by Crippen LogP contribution is -2.15. The van der Waals surface area contributed by atoms with Crippen LogP contribution < -0.4 is 15.0 Å². The van der Waals surface area contributed by atoms with Crippen LogP contribution in [0.1, 0.15) is 0 Å². The molecule has 0 fully saturated rings. The lowest BCUT2D eigenvalue weighted by atomic mass is 10.3. The van der Waals surface area contributed by atoms with Crippen LogP contribution in [0, 0.1) is 0 Å². The summed E-state index contributed by atoms with van der Waals surface area (Å²) in [6.07, 6.45) is 0. The van der Waals surface area contributed by atoms with E-state index in [0.717, 1.165) is 0 Å². The standard InChI is InChI=1S/C12H14ClN5O/c1-14-10-15-11(18(2)3)17-12(16-10)19-9-6-4-5-8(13)7-9/h4-7H,1-3H3,(H,14,15,16,17). The van der Waals surface area contributed by atoms with Crippen LogP contribution in [0.3, 0.4) is 0 Å². The van der Waals surface area contributed by atoms with Crippen molar-refractivity contribution in [2.45, 2.75) is 0 Å². The first-order valence-electron chi connectivity index (χ1n) is 5.63. The van der Waals surface area contributed by atoms with Gasteiger partial charge in [0.15, 0.2) is 0 Å². The summed E-state index contributed by atoms with van der Waals surface area (Å²) in [7, 11) is 5.42. The van der Waals surface area contributed by atoms with Gasteiger partial charge in [0, 0.05) is 26.2 Å². The maximum absolute atomic E-state index is 5.90. The Balaban J connectivity index is 2.31. The van der Waals surface area contributed by atoms with Crippen molar-refractivity contribution in [3.63, 3.8) is 0 Å². The molecule has 1 aromatic carbocycles. The third-order valence-electron chi connectivity index (χ3n) is 2.23. The van der Waals surface area contributed by atoms with Crippen molar-refractivity contribution >= 4 is 23.5 Å². The Kier molecular flexibility index (Phi) is 4.01. The van der Waals surface area contributed by atoms with Gasteiger partial charge in [-0.3, -0.25) is 0 Å². The van der Waals surface area contributed by atoms with Crippen molar-refractivity contribution in [2.24, 2.45) is 0 Å². The number of nitrogens with zero attached hydrogens (tertiary/aromatic N) is 4. The third-order valence-corrected chi connectivity index (χ3v) is 2.47. The summed E-state index contributed by atoms with van der Waals surface area (Å²) >= 11 is 5.90. The number of nitrogens with one attached hydrogen (secondary N) is 1. The molecule has 0 radical (unpaired) electrons. The number of hydrogen-bond acceptors (Lipinski definition) is 6. The third kappa shape index (κ3) is 3.45. The van der Waals surface area contributed by atoms with Crippen molar-refractivity contribution in [1.82, 2.24) is 15.0 Å². The second-order valence-corrected chi connectivity index (χ2v) is 4.38. The van der Waals surface area contributed by atoms with E-state index in [0.29, 0.717) is 22.7 Å². The first-order valence-corrected chi connectivity index (χ1v) is 6.01. The van der Waals surface area contributed by atoms with E-state index >= 15 is 0 Å². The molecule has 0 atom stereocenters. The van der Waals surface area contributed by atoms with Crippen molar-refractivity contribution in [2.75, 3.05) is 31.4 Å². The topological polar surface area (TPSA) is 63.2 Å². The molecule has 0 bridgehead atoms. The molecule has 0 saturated carbocycles. The van der Waals surface area contributed by atoms with Crippen LogP contribution in [0.4, 0.5) is 11.9 Å². The van der Waals surface area contributed by atoms with Gasteiger partial charge in [-0.15, -0.1) is 0 Å². The second-order valence-electron chi connectivity index (χ2n) is 3.95. The highest BCUT2D eigenvalue weighted by molar-refractivity contribution is 6.30. The molecule has 6 nitrogen and oxygen atoms in total. The fourth-order valence-electron chi connectivity index (χ4n) is 1.34. The molecule has 0 unspecified atom stereocenters. The van der Waals surface area contributed by atoms with Crippen LogP contribution in [0.15, 0.2) is 24.3 Å². The molecule has 2 aromatic rings. The number of hydrogen-bond donors (Lipinski definition) is 1. The monoisotopic (exact) mass is 279 g/mol. The molecule has 0 aliphatic heterocycles. The molecule has 1 aromatic heterocycles. The SMILES string of the molecule is CNc1nc(Oc2cccc(Cl)c2)nc(N(C)C)n1. The minimum atomic E-state index is 0.213. The van der Waals surface area contributed by atoms with Crippen LogP contribution in [0.2, 0.25) is 5.02 Å². The predicted octanol–water partition coefficient (Wildman–Crippen LogP) is 2.42. The minimum absolute atomic E-state index is 0.213. The zero-order valence-corrected chi connectivity index (χ0v) is 11.6. The fourth-order valence-corrected chi connectivity index (χ4v) is 1.52. The Morgan fingerprint density at radius 3 is 2.63 bits per heavy atom. The van der Waals surface area contributed by atoms with E-state index in [1.54, 1.807) is 36.2 Å². The van der Waals surface area contributed by atoms with Crippen molar-refractivity contribution in [1.29, 1.82) is 0 Å². The number of rotatable bonds is 4. The highest BCUT2D eigenvalue weighted by Gasteiger charge is 2.09. The quantitative estimate of drug-likeness (QED) is 0.927. The Hall–Kier alpha value is -2.08. The summed E-state index contributed by atoms with van der Waals surface area (Å²) in [4.78, 5) is 14.3. The van der Waals surface area contributed by atoms with E-state index in [4.69, 9.17) is 16.3 Å². The van der Waals surface area contributed by atoms with Gasteiger partial charge in [0.05, 0.1) is 0 Å². The molecular weight excluding hydrogens is 266 g/mol. The average molecular weight is 280 g/mol. The Morgan fingerprint density at radius 1 is 1.21 bits per heavy atom. The number of halogens is 1. The molecule has 1 heterocycles. The maximum Gasteiger partial charge on any atom is 0.328 e. The molecule has 19 heavy (non-hydrogen) atoms. The van der Waals surface area contributed by atoms with Gasteiger partial charge in [0.25, 0.3) is 0 Å². The number of anilines is 2. The lowest BCUT2D eigenvalue weighted by molar-refractivity contribution is 0.440. The smallest absolute Gasteiger partial charge is 0.328 e. The average Bonchev–Trinajstić information content (AvgIpc) is 2.38. The molecule has 100 valence electrons. The molecule has 0 aliphatic carbocycles. The minimum Gasteiger partial charge on any atom is -0.424 e. The van der Waals surface area contributed by atoms with Gasteiger partial charge in [-0.25, -0.2) is 0 Å². The molecule has 0 aliphatic rings. The molecule has 0 amide bonds. The summed E-state index contributed by atoms with van der Waals surface area (Å²) in [5.74, 6) is 1.53. The van der Waals surface area contributed by atoms with E-state index in [9.17, 15) is 0 Å². The van der Waals surface area contributed by atoms with Crippen molar-refractivity contribution in [3.8, 4) is 11.8 Å². The summed E-state index contributed by atoms with van der Waals surface area (Å²) in [5, 5.41) is 3.46. The number of aromatic nitrogens is 3. The second kappa shape index (κ2) is 5.71. The normalized spacial score (nSPS) is 10.1. The number of ether oxygens (including phenoxy) is 1. The summed E-state index contributed by atoms with van der Waals surface area (Å²) in [6.45, 7) is 0. The molecule has 0 saturated heterocycles. The Labute approximate surface area is 116 Å². The molecule has 1 N–H and O–H groups in total. The van der Waals surface area contributed by atoms with Crippen LogP contribution in [0.5, 0.6) is 11.8 Å². The van der Waals surface area contributed by atoms with Crippen LogP contribution in [0.25, 0.3) is 0 Å². The van der Waals surface area contributed by atoms with Gasteiger partial charge in [0.1, 0.15) is 5.75 Å². The largest absolute Gasteiger partial charge is 0.424 e. The summed E-state index contributed by atoms with van der Waals surface area (Å²) in [5.41, 5.74) is 0. The first-order chi connectivity index (χ1) is 9.08. The van der Waals surface area contributed by atoms with Gasteiger partial charge in [-0.05, 0) is 18.2 Å². The number of benzene rings is 1. The predicted molar refractivity (Wildman–Crippen MR) is 75.2 cm³/mol. The Bertz CT molecular complexity index is 576. The molecule has 0 spiro atoms. The fraction of sp³-hybridized carbons (Fsp3) is 0.250. The van der Waals surface area contributed by atoms with Crippen molar-refractivity contribution < 1.29 is 4.74 Å². The summed E-state index contributed by atoms with van der Waals surface area (Å²) in [6, 6.07) is 7.26. The van der Waals surface area contributed by atoms with Crippen LogP contribution >= 0.6 is 11.6 Å². The van der Waals surface area contributed by atoms with E-state index in [1.165, 1.54) is 0 Å². The van der Waals surface area contributed by atoms with E-state index in [2.05, 4.69) is 20.3 Å². The molecule has 7 heteroatoms. The van der Waals surface area contributed by atoms with Gasteiger partial charge >= 0.3 is 6.01 Å². The van der Waals surface area contributed by atoms with Gasteiger partial charge in [0.2, 0.25) is 11.9 Å². The zero-order chi connectivity index (χ0) is 13.8. The van der Waals surface area contributed by atoms with Crippen LogP contribution in [-0.4, -0.2) is 36.1 Å². The highest BCUT2D eigenvalue weighted by Crippen LogP contribution is 2.23. The van der Waals surface area contributed by atoms with E-state index in [-0.39, 0.29) is 6.01 Å². The van der Waals surface area contributed by atoms with Gasteiger partial charge < -0.3 is 15.0 Å². The highest BCUT2D eigenvalue weighted by atomic mass is 35.5. The first kappa shape index (κ1) is 13.4. The lowest BCUT2D eigenvalue weighted by Gasteiger charge is -2.12. The van der Waals surface area contributed by atoms with Gasteiger partial charge in [-0.1, -0.05) is 17.7 Å². The summed E-state index contributed by atoms with van der Waals surface area (Å²) < 4.78 is 5.58. The van der Waals surface area contributed by atoms with Gasteiger partial charge in [-0.2, -0.15) is 15.0 Å². The molecular formula is C12H14ClN5O. The van der Waals surface area contributed by atoms with E-state index < -0.39 is 0 Å². The zero-order valence-electron chi connectivity index (χ0n) is 10.9. The van der Waals surface area contributed by atoms with Crippen LogP contribution in [-0.2, 0) is 0 Å². The molecule has 2 rings (SSSR count). The Morgan fingerprint density at radius 2 is 2.00 bits per heavy atom. The maximum atomic E-state index is 5.90.